The summed E-state index contributed by atoms with van der Waals surface area (Å²) in [6.45, 7) is 0. The lowest BCUT2D eigenvalue weighted by molar-refractivity contribution is -0.146. The molecule has 5 rings (SSSR count). The molecule has 5 aromatic rings. The molecule has 0 aliphatic rings. The van der Waals surface area contributed by atoms with Crippen molar-refractivity contribution in [2.24, 2.45) is 0 Å². The third-order valence-electron chi connectivity index (χ3n) is 4.87. The lowest BCUT2D eigenvalue weighted by Gasteiger charge is -2.15. The van der Waals surface area contributed by atoms with Crippen molar-refractivity contribution in [3.63, 3.8) is 0 Å². The molecule has 0 unspecified atom stereocenters. The van der Waals surface area contributed by atoms with E-state index < -0.39 is 23.7 Å². The van der Waals surface area contributed by atoms with Gasteiger partial charge in [-0.25, -0.2) is 9.97 Å². The highest BCUT2D eigenvalue weighted by molar-refractivity contribution is 5.96. The lowest BCUT2D eigenvalue weighted by atomic mass is 10.0. The van der Waals surface area contributed by atoms with Crippen LogP contribution in [0.5, 0.6) is 11.6 Å². The van der Waals surface area contributed by atoms with Crippen molar-refractivity contribution in [1.29, 1.82) is 0 Å². The van der Waals surface area contributed by atoms with Crippen molar-refractivity contribution < 1.29 is 31.1 Å². The Balaban J connectivity index is 1.75. The number of fused-ring (bicyclic) bond motifs is 3. The number of hydrogen-bond acceptors (Lipinski definition) is 6. The predicted octanol–water partition coefficient (Wildman–Crippen LogP) is 5.56. The smallest absolute Gasteiger partial charge is 0.436 e. The highest BCUT2D eigenvalue weighted by atomic mass is 19.4. The van der Waals surface area contributed by atoms with Gasteiger partial charge in [0.15, 0.2) is 5.65 Å². The van der Waals surface area contributed by atoms with Crippen LogP contribution in [0.25, 0.3) is 27.5 Å². The van der Waals surface area contributed by atoms with Gasteiger partial charge in [-0.05, 0) is 24.3 Å². The number of benzene rings is 2. The van der Waals surface area contributed by atoms with Crippen LogP contribution in [0.4, 0.5) is 26.3 Å². The van der Waals surface area contributed by atoms with E-state index in [0.29, 0.717) is 10.1 Å². The van der Waals surface area contributed by atoms with Gasteiger partial charge in [0.25, 0.3) is 5.82 Å². The fourth-order valence-electron chi connectivity index (χ4n) is 3.37. The summed E-state index contributed by atoms with van der Waals surface area (Å²) in [7, 11) is 0. The average Bonchev–Trinajstić information content (AvgIpc) is 3.24. The fourth-order valence-corrected chi connectivity index (χ4v) is 3.37. The van der Waals surface area contributed by atoms with Crippen LogP contribution >= 0.6 is 0 Å². The standard InChI is InChI=1S/C21H10F6N6O/c22-20(23,24)12-5-6-13(11-8-28-10-29-9-11)16(7-12)34-18-15-4-2-1-3-14(15)17-30-31-19(21(25,26)27)33(17)32-18/h1-10H. The van der Waals surface area contributed by atoms with Gasteiger partial charge in [-0.1, -0.05) is 18.2 Å². The molecule has 0 atom stereocenters. The number of nitrogens with zero attached hydrogens (tertiary/aromatic N) is 6. The van der Waals surface area contributed by atoms with E-state index in [9.17, 15) is 26.3 Å². The highest BCUT2D eigenvalue weighted by Gasteiger charge is 2.38. The molecule has 2 aromatic carbocycles. The number of hydrogen-bond donors (Lipinski definition) is 0. The minimum atomic E-state index is -4.88. The summed E-state index contributed by atoms with van der Waals surface area (Å²) in [6, 6.07) is 8.87. The van der Waals surface area contributed by atoms with Crippen LogP contribution < -0.4 is 4.74 Å². The molecule has 7 nitrogen and oxygen atoms in total. The van der Waals surface area contributed by atoms with Crippen LogP contribution in [0.15, 0.2) is 61.2 Å². The second kappa shape index (κ2) is 7.64. The summed E-state index contributed by atoms with van der Waals surface area (Å²) in [4.78, 5) is 7.71. The van der Waals surface area contributed by atoms with Crippen LogP contribution in [0.2, 0.25) is 0 Å². The maximum absolute atomic E-state index is 13.4. The van der Waals surface area contributed by atoms with Crippen LogP contribution in [0.3, 0.4) is 0 Å². The van der Waals surface area contributed by atoms with E-state index in [-0.39, 0.29) is 33.6 Å². The molecule has 13 heteroatoms. The summed E-state index contributed by atoms with van der Waals surface area (Å²) in [5.41, 5.74) is -0.693. The van der Waals surface area contributed by atoms with Crippen LogP contribution in [-0.4, -0.2) is 29.8 Å². The topological polar surface area (TPSA) is 78.1 Å². The van der Waals surface area contributed by atoms with Crippen molar-refractivity contribution in [3.05, 3.63) is 72.6 Å². The van der Waals surface area contributed by atoms with Crippen molar-refractivity contribution in [2.45, 2.75) is 12.4 Å². The van der Waals surface area contributed by atoms with E-state index >= 15 is 0 Å². The summed E-state index contributed by atoms with van der Waals surface area (Å²) in [5.74, 6) is -2.08. The van der Waals surface area contributed by atoms with Gasteiger partial charge >= 0.3 is 12.4 Å². The Labute approximate surface area is 185 Å². The van der Waals surface area contributed by atoms with Crippen molar-refractivity contribution >= 4 is 16.4 Å². The average molecular weight is 476 g/mol. The van der Waals surface area contributed by atoms with E-state index in [0.717, 1.165) is 18.2 Å². The Hall–Kier alpha value is -4.29. The zero-order valence-electron chi connectivity index (χ0n) is 16.6. The van der Waals surface area contributed by atoms with Gasteiger partial charge in [-0.3, -0.25) is 0 Å². The molecule has 0 fully saturated rings. The van der Waals surface area contributed by atoms with E-state index in [1.807, 2.05) is 0 Å². The largest absolute Gasteiger partial charge is 0.453 e. The van der Waals surface area contributed by atoms with Crippen molar-refractivity contribution in [2.75, 3.05) is 0 Å². The van der Waals surface area contributed by atoms with Crippen molar-refractivity contribution in [1.82, 2.24) is 29.8 Å². The molecule has 0 saturated heterocycles. The summed E-state index contributed by atoms with van der Waals surface area (Å²) in [6.07, 6.45) is -5.62. The Kier molecular flexibility index (Phi) is 4.84. The molecular formula is C21H10F6N6O. The first kappa shape index (κ1) is 21.6. The van der Waals surface area contributed by atoms with Crippen LogP contribution in [-0.2, 0) is 12.4 Å². The van der Waals surface area contributed by atoms with Crippen molar-refractivity contribution in [3.8, 4) is 22.8 Å². The van der Waals surface area contributed by atoms with E-state index in [2.05, 4.69) is 25.3 Å². The number of rotatable bonds is 3. The van der Waals surface area contributed by atoms with Gasteiger partial charge < -0.3 is 4.74 Å². The maximum atomic E-state index is 13.4. The monoisotopic (exact) mass is 476 g/mol. The second-order valence-corrected chi connectivity index (χ2v) is 7.05. The highest BCUT2D eigenvalue weighted by Crippen LogP contribution is 2.40. The normalized spacial score (nSPS) is 12.4. The minimum Gasteiger partial charge on any atom is -0.436 e. The Morgan fingerprint density at radius 3 is 2.18 bits per heavy atom. The molecule has 0 aliphatic carbocycles. The Morgan fingerprint density at radius 1 is 0.794 bits per heavy atom. The molecule has 34 heavy (non-hydrogen) atoms. The molecule has 3 heterocycles. The van der Waals surface area contributed by atoms with Gasteiger partial charge in [0.1, 0.15) is 12.1 Å². The van der Waals surface area contributed by atoms with E-state index in [4.69, 9.17) is 4.74 Å². The number of halogens is 6. The van der Waals surface area contributed by atoms with Gasteiger partial charge in [0, 0.05) is 34.3 Å². The van der Waals surface area contributed by atoms with E-state index in [1.165, 1.54) is 30.9 Å². The lowest BCUT2D eigenvalue weighted by Crippen LogP contribution is -2.13. The Bertz CT molecular complexity index is 1510. The van der Waals surface area contributed by atoms with E-state index in [1.54, 1.807) is 12.1 Å². The molecule has 0 N–H and O–H groups in total. The molecule has 0 amide bonds. The zero-order chi connectivity index (χ0) is 24.1. The van der Waals surface area contributed by atoms with Gasteiger partial charge in [0.05, 0.1) is 5.56 Å². The Morgan fingerprint density at radius 2 is 1.50 bits per heavy atom. The van der Waals surface area contributed by atoms with Gasteiger partial charge in [-0.15, -0.1) is 15.3 Å². The zero-order valence-corrected chi connectivity index (χ0v) is 16.6. The van der Waals surface area contributed by atoms with Crippen LogP contribution in [0, 0.1) is 0 Å². The first-order valence-electron chi connectivity index (χ1n) is 9.49. The summed E-state index contributed by atoms with van der Waals surface area (Å²) < 4.78 is 86.7. The molecule has 0 saturated carbocycles. The third-order valence-corrected chi connectivity index (χ3v) is 4.87. The number of aromatic nitrogens is 6. The molecule has 0 radical (unpaired) electrons. The first-order chi connectivity index (χ1) is 16.1. The summed E-state index contributed by atoms with van der Waals surface area (Å²) >= 11 is 0. The molecular weight excluding hydrogens is 466 g/mol. The minimum absolute atomic E-state index is 0.180. The molecule has 0 spiro atoms. The SMILES string of the molecule is FC(F)(F)c1ccc(-c2cncnc2)c(Oc2nn3c(C(F)(F)F)nnc3c3ccccc23)c1. The van der Waals surface area contributed by atoms with Gasteiger partial charge in [-0.2, -0.15) is 30.9 Å². The predicted molar refractivity (Wildman–Crippen MR) is 106 cm³/mol. The number of alkyl halides is 6. The fraction of sp³-hybridized carbons (Fsp3) is 0.0952. The second-order valence-electron chi connectivity index (χ2n) is 7.05. The maximum Gasteiger partial charge on any atom is 0.453 e. The number of ether oxygens (including phenoxy) is 1. The molecule has 172 valence electrons. The molecule has 0 bridgehead atoms. The molecule has 0 aliphatic heterocycles. The van der Waals surface area contributed by atoms with Gasteiger partial charge in [0.2, 0.25) is 5.88 Å². The third kappa shape index (κ3) is 3.74. The quantitative estimate of drug-likeness (QED) is 0.317. The first-order valence-corrected chi connectivity index (χ1v) is 9.49. The molecule has 3 aromatic heterocycles. The van der Waals surface area contributed by atoms with Crippen LogP contribution in [0.1, 0.15) is 11.4 Å². The summed E-state index contributed by atoms with van der Waals surface area (Å²) in [5, 5.41) is 11.1.